The van der Waals surface area contributed by atoms with Crippen molar-refractivity contribution in [3.05, 3.63) is 23.8 Å². The normalized spacial score (nSPS) is 12.2. The van der Waals surface area contributed by atoms with E-state index in [0.29, 0.717) is 6.04 Å². The summed E-state index contributed by atoms with van der Waals surface area (Å²) < 4.78 is 5.29. The molecule has 0 aliphatic heterocycles. The summed E-state index contributed by atoms with van der Waals surface area (Å²) in [6.07, 6.45) is 1.77. The number of anilines is 1. The third kappa shape index (κ3) is 3.74. The lowest BCUT2D eigenvalue weighted by molar-refractivity contribution is 0.282. The lowest BCUT2D eigenvalue weighted by Gasteiger charge is -2.17. The molecule has 2 N–H and O–H groups in total. The van der Waals surface area contributed by atoms with Crippen LogP contribution in [0, 0.1) is 6.92 Å². The third-order valence-corrected chi connectivity index (χ3v) is 2.55. The van der Waals surface area contributed by atoms with E-state index in [0.717, 1.165) is 24.3 Å². The fraction of sp³-hybridized carbons (Fsp3) is 0.538. The minimum Gasteiger partial charge on any atom is -0.495 e. The van der Waals surface area contributed by atoms with E-state index in [-0.39, 0.29) is 6.61 Å². The molecule has 0 heterocycles. The molecule has 1 atom stereocenters. The van der Waals surface area contributed by atoms with Gasteiger partial charge < -0.3 is 15.2 Å². The highest BCUT2D eigenvalue weighted by molar-refractivity contribution is 5.58. The van der Waals surface area contributed by atoms with Gasteiger partial charge in [0.15, 0.2) is 0 Å². The molecule has 0 spiro atoms. The molecule has 0 aliphatic carbocycles. The number of hydrogen-bond donors (Lipinski definition) is 2. The Bertz CT molecular complexity index is 326. The molecule has 16 heavy (non-hydrogen) atoms. The SMILES string of the molecule is COc1ccc(C)cc1NC(C)CCCO. The van der Waals surface area contributed by atoms with Gasteiger partial charge in [0.05, 0.1) is 12.8 Å². The molecule has 1 rings (SSSR count). The predicted octanol–water partition coefficient (Wildman–Crippen LogP) is 2.58. The van der Waals surface area contributed by atoms with Crippen molar-refractivity contribution in [2.75, 3.05) is 19.0 Å². The molecule has 0 saturated carbocycles. The van der Waals surface area contributed by atoms with Gasteiger partial charge in [0, 0.05) is 12.6 Å². The van der Waals surface area contributed by atoms with E-state index in [1.807, 2.05) is 12.1 Å². The molecule has 3 nitrogen and oxygen atoms in total. The van der Waals surface area contributed by atoms with Gasteiger partial charge in [-0.3, -0.25) is 0 Å². The predicted molar refractivity (Wildman–Crippen MR) is 67.1 cm³/mol. The molecular weight excluding hydrogens is 202 g/mol. The van der Waals surface area contributed by atoms with Crippen LogP contribution in [-0.2, 0) is 0 Å². The van der Waals surface area contributed by atoms with E-state index in [1.54, 1.807) is 7.11 Å². The first kappa shape index (κ1) is 12.8. The van der Waals surface area contributed by atoms with E-state index in [1.165, 1.54) is 5.56 Å². The van der Waals surface area contributed by atoms with Crippen LogP contribution in [0.15, 0.2) is 18.2 Å². The largest absolute Gasteiger partial charge is 0.495 e. The number of nitrogens with one attached hydrogen (secondary N) is 1. The first-order valence-electron chi connectivity index (χ1n) is 5.69. The topological polar surface area (TPSA) is 41.5 Å². The average Bonchev–Trinajstić information content (AvgIpc) is 2.27. The maximum Gasteiger partial charge on any atom is 0.141 e. The fourth-order valence-electron chi connectivity index (χ4n) is 1.67. The molecule has 90 valence electrons. The number of ether oxygens (including phenoxy) is 1. The Morgan fingerprint density at radius 2 is 2.19 bits per heavy atom. The van der Waals surface area contributed by atoms with E-state index < -0.39 is 0 Å². The van der Waals surface area contributed by atoms with Gasteiger partial charge in [0.2, 0.25) is 0 Å². The highest BCUT2D eigenvalue weighted by atomic mass is 16.5. The van der Waals surface area contributed by atoms with Crippen molar-refractivity contribution in [1.29, 1.82) is 0 Å². The van der Waals surface area contributed by atoms with Gasteiger partial charge in [0.25, 0.3) is 0 Å². The second-order valence-electron chi connectivity index (χ2n) is 4.11. The van der Waals surface area contributed by atoms with Crippen LogP contribution in [0.5, 0.6) is 5.75 Å². The van der Waals surface area contributed by atoms with Crippen molar-refractivity contribution < 1.29 is 9.84 Å². The Kier molecular flexibility index (Phi) is 5.12. The van der Waals surface area contributed by atoms with Crippen LogP contribution >= 0.6 is 0 Å². The molecule has 1 aromatic rings. The van der Waals surface area contributed by atoms with Crippen molar-refractivity contribution in [1.82, 2.24) is 0 Å². The molecule has 0 saturated heterocycles. The summed E-state index contributed by atoms with van der Waals surface area (Å²) in [5.41, 5.74) is 2.23. The molecule has 0 aliphatic rings. The fourth-order valence-corrected chi connectivity index (χ4v) is 1.67. The average molecular weight is 223 g/mol. The number of benzene rings is 1. The molecule has 0 aromatic heterocycles. The van der Waals surface area contributed by atoms with E-state index in [9.17, 15) is 0 Å². The van der Waals surface area contributed by atoms with Crippen LogP contribution in [-0.4, -0.2) is 24.9 Å². The van der Waals surface area contributed by atoms with Crippen molar-refractivity contribution >= 4 is 5.69 Å². The quantitative estimate of drug-likeness (QED) is 0.779. The Labute approximate surface area is 97.4 Å². The lowest BCUT2D eigenvalue weighted by Crippen LogP contribution is -2.16. The monoisotopic (exact) mass is 223 g/mol. The summed E-state index contributed by atoms with van der Waals surface area (Å²) in [5, 5.41) is 12.2. The van der Waals surface area contributed by atoms with Crippen LogP contribution in [0.3, 0.4) is 0 Å². The first-order valence-corrected chi connectivity index (χ1v) is 5.69. The number of aliphatic hydroxyl groups excluding tert-OH is 1. The summed E-state index contributed by atoms with van der Waals surface area (Å²) in [4.78, 5) is 0. The van der Waals surface area contributed by atoms with Gasteiger partial charge >= 0.3 is 0 Å². The second kappa shape index (κ2) is 6.38. The van der Waals surface area contributed by atoms with Crippen molar-refractivity contribution in [3.8, 4) is 5.75 Å². The highest BCUT2D eigenvalue weighted by Gasteiger charge is 2.06. The van der Waals surface area contributed by atoms with Crippen LogP contribution in [0.25, 0.3) is 0 Å². The molecule has 1 aromatic carbocycles. The zero-order valence-corrected chi connectivity index (χ0v) is 10.3. The molecule has 1 unspecified atom stereocenters. The zero-order chi connectivity index (χ0) is 12.0. The van der Waals surface area contributed by atoms with Crippen LogP contribution in [0.4, 0.5) is 5.69 Å². The molecule has 3 heteroatoms. The maximum absolute atomic E-state index is 8.77. The Morgan fingerprint density at radius 3 is 2.81 bits per heavy atom. The summed E-state index contributed by atoms with van der Waals surface area (Å²) in [7, 11) is 1.67. The van der Waals surface area contributed by atoms with Gasteiger partial charge in [-0.15, -0.1) is 0 Å². The van der Waals surface area contributed by atoms with E-state index in [2.05, 4.69) is 25.2 Å². The van der Waals surface area contributed by atoms with Gasteiger partial charge in [-0.05, 0) is 44.4 Å². The van der Waals surface area contributed by atoms with E-state index >= 15 is 0 Å². The molecule has 0 fully saturated rings. The van der Waals surface area contributed by atoms with Crippen LogP contribution in [0.1, 0.15) is 25.3 Å². The van der Waals surface area contributed by atoms with Gasteiger partial charge in [-0.1, -0.05) is 6.07 Å². The van der Waals surface area contributed by atoms with Gasteiger partial charge in [-0.2, -0.15) is 0 Å². The maximum atomic E-state index is 8.77. The summed E-state index contributed by atoms with van der Waals surface area (Å²) in [6.45, 7) is 4.41. The van der Waals surface area contributed by atoms with Crippen LogP contribution < -0.4 is 10.1 Å². The lowest BCUT2D eigenvalue weighted by atomic mass is 10.1. The molecule has 0 radical (unpaired) electrons. The van der Waals surface area contributed by atoms with Crippen molar-refractivity contribution in [3.63, 3.8) is 0 Å². The first-order chi connectivity index (χ1) is 7.67. The Balaban J connectivity index is 2.67. The minimum atomic E-state index is 0.247. The number of rotatable bonds is 6. The Morgan fingerprint density at radius 1 is 1.44 bits per heavy atom. The molecule has 0 bridgehead atoms. The summed E-state index contributed by atoms with van der Waals surface area (Å²) in [6, 6.07) is 6.41. The number of methoxy groups -OCH3 is 1. The zero-order valence-electron chi connectivity index (χ0n) is 10.3. The third-order valence-electron chi connectivity index (χ3n) is 2.55. The van der Waals surface area contributed by atoms with E-state index in [4.69, 9.17) is 9.84 Å². The summed E-state index contributed by atoms with van der Waals surface area (Å²) in [5.74, 6) is 0.862. The van der Waals surface area contributed by atoms with Crippen LogP contribution in [0.2, 0.25) is 0 Å². The van der Waals surface area contributed by atoms with Gasteiger partial charge in [0.1, 0.15) is 5.75 Å². The Hall–Kier alpha value is -1.22. The van der Waals surface area contributed by atoms with Crippen molar-refractivity contribution in [2.24, 2.45) is 0 Å². The molecule has 0 amide bonds. The summed E-state index contributed by atoms with van der Waals surface area (Å²) >= 11 is 0. The van der Waals surface area contributed by atoms with Gasteiger partial charge in [-0.25, -0.2) is 0 Å². The number of hydrogen-bond acceptors (Lipinski definition) is 3. The second-order valence-corrected chi connectivity index (χ2v) is 4.11. The standard InChI is InChI=1S/C13H21NO2/c1-10-6-7-13(16-3)12(9-10)14-11(2)5-4-8-15/h6-7,9,11,14-15H,4-5,8H2,1-3H3. The number of aryl methyl sites for hydroxylation is 1. The molecular formula is C13H21NO2. The highest BCUT2D eigenvalue weighted by Crippen LogP contribution is 2.26. The van der Waals surface area contributed by atoms with Crippen molar-refractivity contribution in [2.45, 2.75) is 32.7 Å². The number of aliphatic hydroxyl groups is 1. The smallest absolute Gasteiger partial charge is 0.141 e. The minimum absolute atomic E-state index is 0.247.